The van der Waals surface area contributed by atoms with Crippen molar-refractivity contribution in [1.29, 1.82) is 5.26 Å². The van der Waals surface area contributed by atoms with Gasteiger partial charge in [-0.3, -0.25) is 4.90 Å². The minimum atomic E-state index is 0.730. The van der Waals surface area contributed by atoms with E-state index >= 15 is 0 Å². The normalized spacial score (nSPS) is 15.5. The molecule has 1 aliphatic heterocycles. The molecule has 2 heterocycles. The Labute approximate surface area is 145 Å². The van der Waals surface area contributed by atoms with Crippen molar-refractivity contribution in [3.05, 3.63) is 59.1 Å². The van der Waals surface area contributed by atoms with Crippen LogP contribution in [-0.4, -0.2) is 36.1 Å². The fourth-order valence-corrected chi connectivity index (χ4v) is 4.11. The average Bonchev–Trinajstić information content (AvgIpc) is 3.04. The predicted molar refractivity (Wildman–Crippen MR) is 97.1 cm³/mol. The Bertz CT molecular complexity index is 855. The first kappa shape index (κ1) is 15.1. The quantitative estimate of drug-likeness (QED) is 0.738. The molecule has 0 bridgehead atoms. The van der Waals surface area contributed by atoms with Gasteiger partial charge in [0.25, 0.3) is 0 Å². The maximum absolute atomic E-state index is 9.26. The van der Waals surface area contributed by atoms with Gasteiger partial charge in [-0.15, -0.1) is 11.3 Å². The third-order valence-corrected chi connectivity index (χ3v) is 5.39. The molecule has 0 saturated carbocycles. The zero-order valence-electron chi connectivity index (χ0n) is 13.3. The molecule has 0 atom stereocenters. The summed E-state index contributed by atoms with van der Waals surface area (Å²) in [6.45, 7) is 4.72. The molecule has 3 aromatic rings. The molecule has 119 valence electrons. The van der Waals surface area contributed by atoms with Crippen molar-refractivity contribution >= 4 is 27.2 Å². The second-order valence-electron chi connectivity index (χ2n) is 5.89. The summed E-state index contributed by atoms with van der Waals surface area (Å²) in [6, 6.07) is 19.2. The average molecular weight is 333 g/mol. The summed E-state index contributed by atoms with van der Waals surface area (Å²) < 4.78 is 1.25. The molecule has 1 fully saturated rings. The number of piperazine rings is 1. The highest BCUT2D eigenvalue weighted by molar-refractivity contribution is 7.18. The van der Waals surface area contributed by atoms with Crippen LogP contribution in [0.25, 0.3) is 10.2 Å². The molecule has 1 aromatic heterocycles. The lowest BCUT2D eigenvalue weighted by molar-refractivity contribution is 0.249. The Balaban J connectivity index is 1.42. The summed E-state index contributed by atoms with van der Waals surface area (Å²) in [5.74, 6) is 0. The molecule has 0 aliphatic carbocycles. The first-order valence-corrected chi connectivity index (χ1v) is 8.87. The van der Waals surface area contributed by atoms with Crippen LogP contribution in [0.2, 0.25) is 0 Å². The van der Waals surface area contributed by atoms with Crippen LogP contribution in [0.5, 0.6) is 0 Å². The van der Waals surface area contributed by atoms with Crippen LogP contribution in [0.4, 0.5) is 5.69 Å². The predicted octanol–water partition coefficient (Wildman–Crippen LogP) is 3.29. The zero-order chi connectivity index (χ0) is 16.4. The number of nitrogens with zero attached hydrogens (tertiary/aromatic N) is 4. The molecule has 0 N–H and O–H groups in total. The summed E-state index contributed by atoms with van der Waals surface area (Å²) in [5.41, 5.74) is 2.82. The highest BCUT2D eigenvalue weighted by Crippen LogP contribution is 2.24. The number of thiazole rings is 1. The van der Waals surface area contributed by atoms with E-state index in [-0.39, 0.29) is 0 Å². The SMILES string of the molecule is N#Cc1cc[c]cc1N1CCN(Cc2nc3ccccc3s2)CC1. The van der Waals surface area contributed by atoms with Crippen LogP contribution in [-0.2, 0) is 6.54 Å². The summed E-state index contributed by atoms with van der Waals surface area (Å²) >= 11 is 1.78. The Morgan fingerprint density at radius 3 is 2.79 bits per heavy atom. The van der Waals surface area contributed by atoms with Gasteiger partial charge in [-0.05, 0) is 30.3 Å². The Morgan fingerprint density at radius 2 is 2.00 bits per heavy atom. The van der Waals surface area contributed by atoms with Crippen LogP contribution in [0.3, 0.4) is 0 Å². The molecular weight excluding hydrogens is 316 g/mol. The second-order valence-corrected chi connectivity index (χ2v) is 7.01. The Morgan fingerprint density at radius 1 is 1.17 bits per heavy atom. The number of anilines is 1. The van der Waals surface area contributed by atoms with Gasteiger partial charge in [0.2, 0.25) is 0 Å². The maximum Gasteiger partial charge on any atom is 0.108 e. The molecule has 5 heteroatoms. The van der Waals surface area contributed by atoms with Gasteiger partial charge < -0.3 is 4.90 Å². The lowest BCUT2D eigenvalue weighted by Gasteiger charge is -2.36. The molecule has 4 rings (SSSR count). The minimum Gasteiger partial charge on any atom is -0.368 e. The van der Waals surface area contributed by atoms with Crippen molar-refractivity contribution in [2.45, 2.75) is 6.54 Å². The molecular formula is C19H17N4S. The van der Waals surface area contributed by atoms with Gasteiger partial charge in [0.05, 0.1) is 28.0 Å². The largest absolute Gasteiger partial charge is 0.368 e. The van der Waals surface area contributed by atoms with Crippen LogP contribution in [0.15, 0.2) is 42.5 Å². The first-order chi connectivity index (χ1) is 11.8. The van der Waals surface area contributed by atoms with E-state index in [2.05, 4.69) is 40.1 Å². The fourth-order valence-electron chi connectivity index (χ4n) is 3.10. The van der Waals surface area contributed by atoms with E-state index in [0.717, 1.165) is 49.5 Å². The van der Waals surface area contributed by atoms with Crippen molar-refractivity contribution in [3.63, 3.8) is 0 Å². The molecule has 1 saturated heterocycles. The van der Waals surface area contributed by atoms with E-state index in [1.165, 1.54) is 9.71 Å². The second kappa shape index (κ2) is 6.60. The van der Waals surface area contributed by atoms with Crippen LogP contribution >= 0.6 is 11.3 Å². The number of rotatable bonds is 3. The van der Waals surface area contributed by atoms with Gasteiger partial charge in [-0.25, -0.2) is 4.98 Å². The fraction of sp³-hybridized carbons (Fsp3) is 0.263. The Hall–Kier alpha value is -2.42. The molecule has 0 unspecified atom stereocenters. The standard InChI is InChI=1S/C19H17N4S/c20-13-15-5-1-3-7-17(15)23-11-9-22(10-12-23)14-19-21-16-6-2-4-8-18(16)24-19/h1-2,4-8H,9-12,14H2. The number of aromatic nitrogens is 1. The molecule has 2 aromatic carbocycles. The summed E-state index contributed by atoms with van der Waals surface area (Å²) in [6.07, 6.45) is 0. The lowest BCUT2D eigenvalue weighted by Crippen LogP contribution is -2.46. The molecule has 0 amide bonds. The van der Waals surface area contributed by atoms with E-state index in [9.17, 15) is 5.26 Å². The summed E-state index contributed by atoms with van der Waals surface area (Å²) in [7, 11) is 0. The number of hydrogen-bond donors (Lipinski definition) is 0. The smallest absolute Gasteiger partial charge is 0.108 e. The van der Waals surface area contributed by atoms with E-state index in [0.29, 0.717) is 0 Å². The number of fused-ring (bicyclic) bond motifs is 1. The third kappa shape index (κ3) is 2.99. The highest BCUT2D eigenvalue weighted by Gasteiger charge is 2.20. The van der Waals surface area contributed by atoms with E-state index in [1.807, 2.05) is 18.2 Å². The molecule has 24 heavy (non-hydrogen) atoms. The van der Waals surface area contributed by atoms with E-state index in [4.69, 9.17) is 4.98 Å². The Kier molecular flexibility index (Phi) is 4.16. The highest BCUT2D eigenvalue weighted by atomic mass is 32.1. The van der Waals surface area contributed by atoms with E-state index < -0.39 is 0 Å². The van der Waals surface area contributed by atoms with Gasteiger partial charge in [0, 0.05) is 26.2 Å². The van der Waals surface area contributed by atoms with Crippen molar-refractivity contribution in [2.75, 3.05) is 31.1 Å². The van der Waals surface area contributed by atoms with Gasteiger partial charge in [0.1, 0.15) is 11.1 Å². The van der Waals surface area contributed by atoms with Crippen LogP contribution in [0.1, 0.15) is 10.6 Å². The topological polar surface area (TPSA) is 43.2 Å². The van der Waals surface area contributed by atoms with Crippen molar-refractivity contribution in [3.8, 4) is 6.07 Å². The third-order valence-electron chi connectivity index (χ3n) is 4.37. The molecule has 0 spiro atoms. The van der Waals surface area contributed by atoms with Crippen LogP contribution < -0.4 is 4.90 Å². The van der Waals surface area contributed by atoms with Gasteiger partial charge in [0.15, 0.2) is 0 Å². The molecule has 1 radical (unpaired) electrons. The zero-order valence-corrected chi connectivity index (χ0v) is 14.1. The number of hydrogen-bond acceptors (Lipinski definition) is 5. The van der Waals surface area contributed by atoms with E-state index in [1.54, 1.807) is 17.4 Å². The summed E-state index contributed by atoms with van der Waals surface area (Å²) in [5, 5.41) is 10.4. The monoisotopic (exact) mass is 333 g/mol. The van der Waals surface area contributed by atoms with Gasteiger partial charge >= 0.3 is 0 Å². The molecule has 1 aliphatic rings. The minimum absolute atomic E-state index is 0.730. The number of para-hydroxylation sites is 1. The lowest BCUT2D eigenvalue weighted by atomic mass is 10.1. The van der Waals surface area contributed by atoms with Gasteiger partial charge in [-0.2, -0.15) is 5.26 Å². The van der Waals surface area contributed by atoms with Crippen molar-refractivity contribution in [1.82, 2.24) is 9.88 Å². The number of benzene rings is 2. The van der Waals surface area contributed by atoms with Crippen molar-refractivity contribution < 1.29 is 0 Å². The summed E-state index contributed by atoms with van der Waals surface area (Å²) in [4.78, 5) is 9.45. The van der Waals surface area contributed by atoms with Crippen LogP contribution in [0, 0.1) is 17.4 Å². The molecule has 4 nitrogen and oxygen atoms in total. The maximum atomic E-state index is 9.26. The van der Waals surface area contributed by atoms with Crippen molar-refractivity contribution in [2.24, 2.45) is 0 Å². The van der Waals surface area contributed by atoms with Gasteiger partial charge in [-0.1, -0.05) is 18.2 Å². The number of nitriles is 1. The first-order valence-electron chi connectivity index (χ1n) is 8.05.